The Morgan fingerprint density at radius 3 is 2.17 bits per heavy atom. The first-order valence-corrected chi connectivity index (χ1v) is 9.39. The first kappa shape index (κ1) is 21.8. The number of hydrogen-bond acceptors (Lipinski definition) is 5. The van der Waals surface area contributed by atoms with Crippen molar-refractivity contribution < 1.29 is 37.2 Å². The first-order valence-electron chi connectivity index (χ1n) is 8.63. The van der Waals surface area contributed by atoms with Crippen molar-refractivity contribution in [1.29, 1.82) is 0 Å². The molecule has 1 fully saturated rings. The third kappa shape index (κ3) is 5.60. The number of halogens is 5. The van der Waals surface area contributed by atoms with E-state index in [1.807, 2.05) is 0 Å². The number of phenolic OH excluding ortho intramolecular Hbond substituents is 1. The van der Waals surface area contributed by atoms with Gasteiger partial charge in [-0.15, -0.1) is 13.2 Å². The van der Waals surface area contributed by atoms with E-state index >= 15 is 0 Å². The van der Waals surface area contributed by atoms with Crippen molar-refractivity contribution in [3.05, 3.63) is 52.0 Å². The summed E-state index contributed by atoms with van der Waals surface area (Å²) in [5, 5.41) is 9.77. The second-order valence-corrected chi connectivity index (χ2v) is 7.03. The van der Waals surface area contributed by atoms with Crippen LogP contribution in [-0.2, 0) is 15.3 Å². The normalized spacial score (nSPS) is 16.4. The number of aromatic hydroxyl groups is 1. The van der Waals surface area contributed by atoms with Crippen LogP contribution in [-0.4, -0.2) is 31.3 Å². The monoisotopic (exact) mass is 452 g/mol. The van der Waals surface area contributed by atoms with Crippen LogP contribution in [0.2, 0.25) is 10.0 Å². The van der Waals surface area contributed by atoms with E-state index < -0.39 is 12.1 Å². The number of ether oxygens (including phenoxy) is 4. The van der Waals surface area contributed by atoms with Gasteiger partial charge in [0, 0.05) is 24.1 Å². The number of alkyl halides is 3. The molecule has 0 radical (unpaired) electrons. The minimum Gasteiger partial charge on any atom is -0.508 e. The van der Waals surface area contributed by atoms with E-state index in [4.69, 9.17) is 37.4 Å². The van der Waals surface area contributed by atoms with E-state index in [1.165, 1.54) is 36.4 Å². The van der Waals surface area contributed by atoms with E-state index in [1.54, 1.807) is 0 Å². The molecule has 1 aliphatic heterocycles. The standard InChI is InChI=1S/C19H17Cl2F3O5/c20-15-10-13(25)11-16(21)17(15)26-9-6-18(27-7-1-8-28-18)12-2-4-14(5-3-12)29-19(22,23)24/h2-5,10-11,25H,1,6-9H2. The quantitative estimate of drug-likeness (QED) is 0.612. The number of phenols is 1. The molecule has 0 aromatic heterocycles. The van der Waals surface area contributed by atoms with Crippen molar-refractivity contribution >= 4 is 23.2 Å². The molecule has 0 spiro atoms. The van der Waals surface area contributed by atoms with Crippen molar-refractivity contribution in [3.63, 3.8) is 0 Å². The maximum atomic E-state index is 12.4. The summed E-state index contributed by atoms with van der Waals surface area (Å²) in [4.78, 5) is 0. The fourth-order valence-corrected chi connectivity index (χ4v) is 3.50. The van der Waals surface area contributed by atoms with Gasteiger partial charge in [0.25, 0.3) is 0 Å². The van der Waals surface area contributed by atoms with Crippen molar-refractivity contribution in [2.24, 2.45) is 0 Å². The highest BCUT2D eigenvalue weighted by atomic mass is 35.5. The van der Waals surface area contributed by atoms with Crippen molar-refractivity contribution in [2.45, 2.75) is 25.0 Å². The summed E-state index contributed by atoms with van der Waals surface area (Å²) in [5.41, 5.74) is 0.526. The largest absolute Gasteiger partial charge is 0.573 e. The zero-order valence-corrected chi connectivity index (χ0v) is 16.5. The van der Waals surface area contributed by atoms with Crippen LogP contribution in [0, 0.1) is 0 Å². The molecule has 1 saturated heterocycles. The predicted octanol–water partition coefficient (Wildman–Crippen LogP) is 5.66. The minimum absolute atomic E-state index is 0.0883. The topological polar surface area (TPSA) is 57.2 Å². The molecule has 0 bridgehead atoms. The van der Waals surface area contributed by atoms with Crippen molar-refractivity contribution in [2.75, 3.05) is 19.8 Å². The van der Waals surface area contributed by atoms with Crippen LogP contribution >= 0.6 is 23.2 Å². The number of benzene rings is 2. The van der Waals surface area contributed by atoms with Gasteiger partial charge in [-0.1, -0.05) is 23.2 Å². The number of hydrogen-bond donors (Lipinski definition) is 1. The average Bonchev–Trinajstić information content (AvgIpc) is 2.64. The Morgan fingerprint density at radius 2 is 1.62 bits per heavy atom. The van der Waals surface area contributed by atoms with E-state index in [2.05, 4.69) is 4.74 Å². The van der Waals surface area contributed by atoms with Gasteiger partial charge in [-0.3, -0.25) is 0 Å². The Kier molecular flexibility index (Phi) is 6.68. The summed E-state index contributed by atoms with van der Waals surface area (Å²) in [6.07, 6.45) is -3.86. The lowest BCUT2D eigenvalue weighted by molar-refractivity contribution is -0.282. The molecule has 158 valence electrons. The summed E-state index contributed by atoms with van der Waals surface area (Å²) < 4.78 is 58.3. The van der Waals surface area contributed by atoms with Gasteiger partial charge in [-0.05, 0) is 30.7 Å². The molecule has 0 aliphatic carbocycles. The van der Waals surface area contributed by atoms with Gasteiger partial charge in [0.1, 0.15) is 11.5 Å². The van der Waals surface area contributed by atoms with E-state index in [0.717, 1.165) is 0 Å². The Bertz CT molecular complexity index is 814. The van der Waals surface area contributed by atoms with Crippen LogP contribution in [0.4, 0.5) is 13.2 Å². The van der Waals surface area contributed by atoms with Gasteiger partial charge in [0.2, 0.25) is 0 Å². The van der Waals surface area contributed by atoms with E-state index in [9.17, 15) is 18.3 Å². The highest BCUT2D eigenvalue weighted by Crippen LogP contribution is 2.39. The minimum atomic E-state index is -4.77. The molecule has 0 amide bonds. The maximum Gasteiger partial charge on any atom is 0.573 e. The maximum absolute atomic E-state index is 12.4. The Morgan fingerprint density at radius 1 is 1.03 bits per heavy atom. The smallest absolute Gasteiger partial charge is 0.508 e. The number of rotatable bonds is 6. The third-order valence-electron chi connectivity index (χ3n) is 4.15. The van der Waals surface area contributed by atoms with Gasteiger partial charge in [-0.25, -0.2) is 0 Å². The molecular weight excluding hydrogens is 436 g/mol. The van der Waals surface area contributed by atoms with E-state index in [-0.39, 0.29) is 40.3 Å². The summed E-state index contributed by atoms with van der Waals surface area (Å²) >= 11 is 12.1. The molecule has 2 aromatic carbocycles. The van der Waals surface area contributed by atoms with Gasteiger partial charge < -0.3 is 24.1 Å². The molecule has 2 aromatic rings. The molecule has 5 nitrogen and oxygen atoms in total. The molecule has 0 atom stereocenters. The van der Waals surface area contributed by atoms with Crippen LogP contribution in [0.15, 0.2) is 36.4 Å². The SMILES string of the molecule is Oc1cc(Cl)c(OCCC2(c3ccc(OC(F)(F)F)cc3)OCCCO2)c(Cl)c1. The summed E-state index contributed by atoms with van der Waals surface area (Å²) in [6, 6.07) is 7.89. The molecule has 10 heteroatoms. The molecule has 1 N–H and O–H groups in total. The fourth-order valence-electron chi connectivity index (χ4n) is 2.91. The first-order chi connectivity index (χ1) is 13.7. The van der Waals surface area contributed by atoms with Crippen LogP contribution in [0.1, 0.15) is 18.4 Å². The molecule has 0 saturated carbocycles. The lowest BCUT2D eigenvalue weighted by Crippen LogP contribution is -2.39. The summed E-state index contributed by atoms with van der Waals surface area (Å²) in [6.45, 7) is 0.925. The highest BCUT2D eigenvalue weighted by molar-refractivity contribution is 6.37. The molecule has 3 rings (SSSR count). The van der Waals surface area contributed by atoms with Gasteiger partial charge in [0.05, 0.1) is 29.9 Å². The molecule has 1 aliphatic rings. The fraction of sp³-hybridized carbons (Fsp3) is 0.368. The van der Waals surface area contributed by atoms with Crippen LogP contribution in [0.3, 0.4) is 0 Å². The second kappa shape index (κ2) is 8.87. The Hall–Kier alpha value is -1.87. The van der Waals surface area contributed by atoms with E-state index in [0.29, 0.717) is 25.2 Å². The van der Waals surface area contributed by atoms with Crippen LogP contribution in [0.25, 0.3) is 0 Å². The van der Waals surface area contributed by atoms with Crippen molar-refractivity contribution in [3.8, 4) is 17.2 Å². The third-order valence-corrected chi connectivity index (χ3v) is 4.71. The second-order valence-electron chi connectivity index (χ2n) is 6.21. The summed E-state index contributed by atoms with van der Waals surface area (Å²) in [5.74, 6) is -1.42. The van der Waals surface area contributed by atoms with Gasteiger partial charge >= 0.3 is 6.36 Å². The highest BCUT2D eigenvalue weighted by Gasteiger charge is 2.37. The zero-order valence-electron chi connectivity index (χ0n) is 15.0. The average molecular weight is 453 g/mol. The van der Waals surface area contributed by atoms with Crippen molar-refractivity contribution in [1.82, 2.24) is 0 Å². The Labute approximate surface area is 174 Å². The van der Waals surface area contributed by atoms with Crippen LogP contribution < -0.4 is 9.47 Å². The molecule has 29 heavy (non-hydrogen) atoms. The molecular formula is C19H17Cl2F3O5. The van der Waals surface area contributed by atoms with Gasteiger partial charge in [-0.2, -0.15) is 0 Å². The Balaban J connectivity index is 1.74. The predicted molar refractivity (Wildman–Crippen MR) is 99.6 cm³/mol. The zero-order chi connectivity index (χ0) is 21.1. The molecule has 1 heterocycles. The van der Waals surface area contributed by atoms with Gasteiger partial charge in [0.15, 0.2) is 11.5 Å². The summed E-state index contributed by atoms with van der Waals surface area (Å²) in [7, 11) is 0. The lowest BCUT2D eigenvalue weighted by Gasteiger charge is -2.37. The lowest BCUT2D eigenvalue weighted by atomic mass is 10.0. The molecule has 0 unspecified atom stereocenters. The van der Waals surface area contributed by atoms with Crippen LogP contribution in [0.5, 0.6) is 17.2 Å².